The van der Waals surface area contributed by atoms with E-state index in [1.54, 1.807) is 0 Å². The Morgan fingerprint density at radius 2 is 1.74 bits per heavy atom. The van der Waals surface area contributed by atoms with Crippen LogP contribution < -0.4 is 0 Å². The summed E-state index contributed by atoms with van der Waals surface area (Å²) in [6.45, 7) is 6.74. The minimum atomic E-state index is 0.0318. The average molecular weight is 368 g/mol. The molecule has 2 aliphatic rings. The fourth-order valence-electron chi connectivity index (χ4n) is 4.09. The largest absolute Gasteiger partial charge is 0.339 e. The number of aromatic nitrogens is 2. The molecule has 6 heteroatoms. The lowest BCUT2D eigenvalue weighted by molar-refractivity contribution is -0.139. The molecule has 0 N–H and O–H groups in total. The van der Waals surface area contributed by atoms with Crippen molar-refractivity contribution in [1.29, 1.82) is 0 Å². The number of carbonyl (C=O) groups is 2. The van der Waals surface area contributed by atoms with Gasteiger partial charge in [0.15, 0.2) is 0 Å². The summed E-state index contributed by atoms with van der Waals surface area (Å²) < 4.78 is 2.10. The highest BCUT2D eigenvalue weighted by Gasteiger charge is 2.32. The molecule has 1 saturated heterocycles. The molecule has 1 aliphatic carbocycles. The molecule has 6 nitrogen and oxygen atoms in total. The summed E-state index contributed by atoms with van der Waals surface area (Å²) in [7, 11) is 2.02. The Kier molecular flexibility index (Phi) is 4.66. The molecule has 1 aromatic carbocycles. The van der Waals surface area contributed by atoms with Crippen LogP contribution in [0.3, 0.4) is 0 Å². The van der Waals surface area contributed by atoms with Crippen LogP contribution in [0.4, 0.5) is 0 Å². The van der Waals surface area contributed by atoms with Gasteiger partial charge in [-0.15, -0.1) is 0 Å². The molecule has 0 radical (unpaired) electrons. The Morgan fingerprint density at radius 1 is 1.07 bits per heavy atom. The highest BCUT2D eigenvalue weighted by molar-refractivity contribution is 5.97. The van der Waals surface area contributed by atoms with Crippen LogP contribution in [0.2, 0.25) is 0 Å². The summed E-state index contributed by atoms with van der Waals surface area (Å²) in [4.78, 5) is 33.8. The topological polar surface area (TPSA) is 58.4 Å². The van der Waals surface area contributed by atoms with E-state index in [2.05, 4.69) is 18.4 Å². The third-order valence-corrected chi connectivity index (χ3v) is 6.01. The van der Waals surface area contributed by atoms with Crippen LogP contribution >= 0.6 is 0 Å². The normalized spacial score (nSPS) is 18.2. The fraction of sp³-hybridized carbons (Fsp3) is 0.571. The summed E-state index contributed by atoms with van der Waals surface area (Å²) in [5.41, 5.74) is 2.59. The predicted octanol–water partition coefficient (Wildman–Crippen LogP) is 2.78. The van der Waals surface area contributed by atoms with E-state index in [-0.39, 0.29) is 17.7 Å². The molecule has 1 aromatic heterocycles. The van der Waals surface area contributed by atoms with Crippen molar-refractivity contribution in [3.8, 4) is 0 Å². The number of amides is 2. The SMILES string of the molecule is CC(C)c1nc2cc(C(=O)N3CCN(C(=O)C4CCC4)CC3)ccc2n1C. The van der Waals surface area contributed by atoms with Crippen LogP contribution in [0.15, 0.2) is 18.2 Å². The van der Waals surface area contributed by atoms with Crippen molar-refractivity contribution in [3.05, 3.63) is 29.6 Å². The molecule has 0 spiro atoms. The minimum absolute atomic E-state index is 0.0318. The number of piperazine rings is 1. The van der Waals surface area contributed by atoms with Crippen molar-refractivity contribution in [2.45, 2.75) is 39.0 Å². The summed E-state index contributed by atoms with van der Waals surface area (Å²) in [6.07, 6.45) is 3.23. The molecule has 2 heterocycles. The van der Waals surface area contributed by atoms with Gasteiger partial charge in [-0.3, -0.25) is 9.59 Å². The van der Waals surface area contributed by atoms with Gasteiger partial charge in [0.2, 0.25) is 5.91 Å². The summed E-state index contributed by atoms with van der Waals surface area (Å²) in [5.74, 6) is 1.91. The Labute approximate surface area is 160 Å². The molecule has 0 bridgehead atoms. The van der Waals surface area contributed by atoms with Crippen LogP contribution in [0, 0.1) is 5.92 Å². The maximum absolute atomic E-state index is 12.9. The number of fused-ring (bicyclic) bond motifs is 1. The van der Waals surface area contributed by atoms with Crippen LogP contribution in [0.5, 0.6) is 0 Å². The Hall–Kier alpha value is -2.37. The van der Waals surface area contributed by atoms with Gasteiger partial charge in [0.05, 0.1) is 11.0 Å². The van der Waals surface area contributed by atoms with Gasteiger partial charge in [-0.2, -0.15) is 0 Å². The van der Waals surface area contributed by atoms with Gasteiger partial charge >= 0.3 is 0 Å². The molecule has 2 amide bonds. The minimum Gasteiger partial charge on any atom is -0.339 e. The maximum Gasteiger partial charge on any atom is 0.254 e. The predicted molar refractivity (Wildman–Crippen MR) is 105 cm³/mol. The highest BCUT2D eigenvalue weighted by Crippen LogP contribution is 2.29. The Balaban J connectivity index is 1.46. The van der Waals surface area contributed by atoms with E-state index < -0.39 is 0 Å². The van der Waals surface area contributed by atoms with Gasteiger partial charge in [-0.25, -0.2) is 4.98 Å². The highest BCUT2D eigenvalue weighted by atomic mass is 16.2. The van der Waals surface area contributed by atoms with E-state index in [1.165, 1.54) is 6.42 Å². The van der Waals surface area contributed by atoms with Crippen molar-refractivity contribution in [2.75, 3.05) is 26.2 Å². The van der Waals surface area contributed by atoms with Crippen LogP contribution in [0.25, 0.3) is 11.0 Å². The molecule has 2 aromatic rings. The third-order valence-electron chi connectivity index (χ3n) is 6.01. The monoisotopic (exact) mass is 368 g/mol. The Bertz CT molecular complexity index is 874. The van der Waals surface area contributed by atoms with E-state index in [1.807, 2.05) is 35.0 Å². The second-order valence-electron chi connectivity index (χ2n) is 8.13. The molecule has 0 unspecified atom stereocenters. The van der Waals surface area contributed by atoms with Crippen molar-refractivity contribution in [2.24, 2.45) is 13.0 Å². The molecular formula is C21H28N4O2. The van der Waals surface area contributed by atoms with Crippen molar-refractivity contribution in [3.63, 3.8) is 0 Å². The van der Waals surface area contributed by atoms with Gasteiger partial charge in [0, 0.05) is 50.6 Å². The van der Waals surface area contributed by atoms with E-state index in [0.29, 0.717) is 37.7 Å². The number of aryl methyl sites for hydroxylation is 1. The van der Waals surface area contributed by atoms with Crippen molar-refractivity contribution < 1.29 is 9.59 Å². The first-order valence-electron chi connectivity index (χ1n) is 10.00. The first kappa shape index (κ1) is 18.0. The fourth-order valence-corrected chi connectivity index (χ4v) is 4.09. The lowest BCUT2D eigenvalue weighted by Gasteiger charge is -2.38. The van der Waals surface area contributed by atoms with E-state index in [0.717, 1.165) is 29.7 Å². The summed E-state index contributed by atoms with van der Waals surface area (Å²) in [6, 6.07) is 5.77. The number of carbonyl (C=O) groups excluding carboxylic acids is 2. The Morgan fingerprint density at radius 3 is 2.33 bits per heavy atom. The van der Waals surface area contributed by atoms with Gasteiger partial charge in [0.25, 0.3) is 5.91 Å². The number of nitrogens with zero attached hydrogens (tertiary/aromatic N) is 4. The first-order chi connectivity index (χ1) is 13.0. The zero-order chi connectivity index (χ0) is 19.1. The zero-order valence-corrected chi connectivity index (χ0v) is 16.4. The lowest BCUT2D eigenvalue weighted by atomic mass is 9.84. The molecular weight excluding hydrogens is 340 g/mol. The number of hydrogen-bond acceptors (Lipinski definition) is 3. The zero-order valence-electron chi connectivity index (χ0n) is 16.4. The third kappa shape index (κ3) is 3.22. The second-order valence-corrected chi connectivity index (χ2v) is 8.13. The molecule has 4 rings (SSSR count). The smallest absolute Gasteiger partial charge is 0.254 e. The van der Waals surface area contributed by atoms with Gasteiger partial charge in [-0.05, 0) is 31.0 Å². The molecule has 27 heavy (non-hydrogen) atoms. The molecule has 0 atom stereocenters. The number of rotatable bonds is 3. The number of imidazole rings is 1. The number of benzene rings is 1. The van der Waals surface area contributed by atoms with Crippen molar-refractivity contribution in [1.82, 2.24) is 19.4 Å². The average Bonchev–Trinajstić information content (AvgIpc) is 2.96. The van der Waals surface area contributed by atoms with Crippen molar-refractivity contribution >= 4 is 22.8 Å². The first-order valence-corrected chi connectivity index (χ1v) is 10.00. The van der Waals surface area contributed by atoms with E-state index in [4.69, 9.17) is 4.98 Å². The summed E-state index contributed by atoms with van der Waals surface area (Å²) >= 11 is 0. The molecule has 2 fully saturated rings. The van der Waals surface area contributed by atoms with Gasteiger partial charge in [-0.1, -0.05) is 20.3 Å². The quantitative estimate of drug-likeness (QED) is 0.837. The van der Waals surface area contributed by atoms with E-state index in [9.17, 15) is 9.59 Å². The van der Waals surface area contributed by atoms with Crippen LogP contribution in [0.1, 0.15) is 55.2 Å². The number of hydrogen-bond donors (Lipinski definition) is 0. The van der Waals surface area contributed by atoms with Gasteiger partial charge < -0.3 is 14.4 Å². The molecule has 1 saturated carbocycles. The van der Waals surface area contributed by atoms with Gasteiger partial charge in [0.1, 0.15) is 5.82 Å². The molecule has 1 aliphatic heterocycles. The lowest BCUT2D eigenvalue weighted by Crippen LogP contribution is -2.52. The second kappa shape index (κ2) is 6.98. The van der Waals surface area contributed by atoms with Crippen LogP contribution in [-0.2, 0) is 11.8 Å². The standard InChI is InChI=1S/C21H28N4O2/c1-14(2)19-22-17-13-16(7-8-18(17)23(19)3)21(27)25-11-9-24(10-12-25)20(26)15-5-4-6-15/h7-8,13-15H,4-6,9-12H2,1-3H3. The molecule has 144 valence electrons. The van der Waals surface area contributed by atoms with Crippen LogP contribution in [-0.4, -0.2) is 57.3 Å². The van der Waals surface area contributed by atoms with E-state index >= 15 is 0 Å². The summed E-state index contributed by atoms with van der Waals surface area (Å²) in [5, 5.41) is 0. The maximum atomic E-state index is 12.9.